The molecule has 2 N–H and O–H groups in total. The number of anilines is 1. The number of urea groups is 1. The summed E-state index contributed by atoms with van der Waals surface area (Å²) in [7, 11) is 0. The lowest BCUT2D eigenvalue weighted by Crippen LogP contribution is -2.34. The maximum Gasteiger partial charge on any atom is 0.326 e. The van der Waals surface area contributed by atoms with Gasteiger partial charge in [-0.05, 0) is 54.6 Å². The molecular formula is C20H13Cl3N2O2S. The molecule has 0 aliphatic carbocycles. The van der Waals surface area contributed by atoms with E-state index in [1.54, 1.807) is 48.5 Å². The SMILES string of the molecule is O=C(NC(=O)c1ccccc1Cl)Nc1ccc(Sc2ccc(Cl)cc2)c(Cl)c1. The van der Waals surface area contributed by atoms with E-state index in [1.807, 2.05) is 12.1 Å². The highest BCUT2D eigenvalue weighted by molar-refractivity contribution is 7.99. The summed E-state index contributed by atoms with van der Waals surface area (Å²) in [5.41, 5.74) is 0.668. The van der Waals surface area contributed by atoms with Crippen LogP contribution in [0.2, 0.25) is 15.1 Å². The van der Waals surface area contributed by atoms with Crippen LogP contribution >= 0.6 is 46.6 Å². The number of carbonyl (C=O) groups excluding carboxylic acids is 2. The summed E-state index contributed by atoms with van der Waals surface area (Å²) >= 11 is 19.6. The van der Waals surface area contributed by atoms with Gasteiger partial charge >= 0.3 is 6.03 Å². The Balaban J connectivity index is 1.63. The van der Waals surface area contributed by atoms with Crippen LogP contribution in [0.5, 0.6) is 0 Å². The molecule has 0 heterocycles. The van der Waals surface area contributed by atoms with Crippen molar-refractivity contribution in [2.45, 2.75) is 9.79 Å². The molecule has 3 aromatic carbocycles. The van der Waals surface area contributed by atoms with Crippen LogP contribution in [0.1, 0.15) is 10.4 Å². The molecule has 3 amide bonds. The maximum absolute atomic E-state index is 12.1. The summed E-state index contributed by atoms with van der Waals surface area (Å²) in [5, 5.41) is 6.20. The Labute approximate surface area is 181 Å². The van der Waals surface area contributed by atoms with Crippen molar-refractivity contribution in [3.8, 4) is 0 Å². The summed E-state index contributed by atoms with van der Waals surface area (Å²) in [4.78, 5) is 26.0. The number of carbonyl (C=O) groups is 2. The second kappa shape index (κ2) is 9.34. The molecule has 0 bridgehead atoms. The third-order valence-electron chi connectivity index (χ3n) is 3.58. The molecule has 0 spiro atoms. The van der Waals surface area contributed by atoms with Gasteiger partial charge in [0.1, 0.15) is 0 Å². The number of amides is 3. The van der Waals surface area contributed by atoms with E-state index in [0.29, 0.717) is 15.7 Å². The molecule has 28 heavy (non-hydrogen) atoms. The van der Waals surface area contributed by atoms with Crippen molar-refractivity contribution in [2.75, 3.05) is 5.32 Å². The first-order chi connectivity index (χ1) is 13.4. The number of benzene rings is 3. The van der Waals surface area contributed by atoms with Crippen LogP contribution in [-0.2, 0) is 0 Å². The van der Waals surface area contributed by atoms with E-state index in [1.165, 1.54) is 17.8 Å². The highest BCUT2D eigenvalue weighted by Gasteiger charge is 2.13. The van der Waals surface area contributed by atoms with Crippen molar-refractivity contribution in [3.05, 3.63) is 87.4 Å². The molecule has 0 unspecified atom stereocenters. The minimum Gasteiger partial charge on any atom is -0.308 e. The lowest BCUT2D eigenvalue weighted by atomic mass is 10.2. The lowest BCUT2D eigenvalue weighted by molar-refractivity contribution is 0.0967. The summed E-state index contributed by atoms with van der Waals surface area (Å²) in [6.45, 7) is 0. The fraction of sp³-hybridized carbons (Fsp3) is 0. The van der Waals surface area contributed by atoms with Gasteiger partial charge < -0.3 is 5.32 Å². The zero-order valence-electron chi connectivity index (χ0n) is 14.2. The Morgan fingerprint density at radius 3 is 2.21 bits per heavy atom. The summed E-state index contributed by atoms with van der Waals surface area (Å²) in [5.74, 6) is -0.593. The number of hydrogen-bond acceptors (Lipinski definition) is 3. The quantitative estimate of drug-likeness (QED) is 0.461. The molecule has 0 fully saturated rings. The standard InChI is InChI=1S/C20H13Cl3N2O2S/c21-12-5-8-14(9-6-12)28-18-10-7-13(11-17(18)23)24-20(27)25-19(26)15-3-1-2-4-16(15)22/h1-11H,(H2,24,25,26,27). The summed E-state index contributed by atoms with van der Waals surface area (Å²) in [6.07, 6.45) is 0. The summed E-state index contributed by atoms with van der Waals surface area (Å²) in [6, 6.07) is 18.3. The van der Waals surface area contributed by atoms with Crippen LogP contribution in [0.25, 0.3) is 0 Å². The first-order valence-corrected chi connectivity index (χ1v) is 9.97. The van der Waals surface area contributed by atoms with Gasteiger partial charge in [-0.2, -0.15) is 0 Å². The van der Waals surface area contributed by atoms with Crippen LogP contribution in [0.15, 0.2) is 76.5 Å². The van der Waals surface area contributed by atoms with E-state index >= 15 is 0 Å². The molecule has 0 aromatic heterocycles. The van der Waals surface area contributed by atoms with E-state index in [4.69, 9.17) is 34.8 Å². The number of hydrogen-bond donors (Lipinski definition) is 2. The Kier molecular flexibility index (Phi) is 6.86. The minimum absolute atomic E-state index is 0.215. The second-order valence-corrected chi connectivity index (χ2v) is 7.96. The normalized spacial score (nSPS) is 10.4. The van der Waals surface area contributed by atoms with E-state index < -0.39 is 11.9 Å². The average Bonchev–Trinajstić information content (AvgIpc) is 2.66. The van der Waals surface area contributed by atoms with Crippen LogP contribution in [0.3, 0.4) is 0 Å². The molecule has 0 aliphatic rings. The van der Waals surface area contributed by atoms with Gasteiger partial charge in [0.2, 0.25) is 0 Å². The third kappa shape index (κ3) is 5.42. The molecule has 4 nitrogen and oxygen atoms in total. The van der Waals surface area contributed by atoms with E-state index in [0.717, 1.165) is 9.79 Å². The highest BCUT2D eigenvalue weighted by atomic mass is 35.5. The predicted octanol–water partition coefficient (Wildman–Crippen LogP) is 6.76. The van der Waals surface area contributed by atoms with Crippen molar-refractivity contribution in [1.82, 2.24) is 5.32 Å². The molecule has 0 saturated heterocycles. The van der Waals surface area contributed by atoms with E-state index in [2.05, 4.69) is 10.6 Å². The number of imide groups is 1. The van der Waals surface area contributed by atoms with Gasteiger partial charge in [0.15, 0.2) is 0 Å². The molecule has 8 heteroatoms. The van der Waals surface area contributed by atoms with Gasteiger partial charge in [-0.1, -0.05) is 58.7 Å². The molecule has 0 saturated carbocycles. The zero-order chi connectivity index (χ0) is 20.1. The maximum atomic E-state index is 12.1. The Morgan fingerprint density at radius 2 is 1.54 bits per heavy atom. The van der Waals surface area contributed by atoms with Crippen LogP contribution in [0.4, 0.5) is 10.5 Å². The van der Waals surface area contributed by atoms with Crippen molar-refractivity contribution in [1.29, 1.82) is 0 Å². The fourth-order valence-corrected chi connectivity index (χ4v) is 3.73. The molecule has 0 atom stereocenters. The Bertz CT molecular complexity index is 1030. The highest BCUT2D eigenvalue weighted by Crippen LogP contribution is 2.35. The predicted molar refractivity (Wildman–Crippen MR) is 115 cm³/mol. The molecule has 0 radical (unpaired) electrons. The molecular weight excluding hydrogens is 439 g/mol. The minimum atomic E-state index is -0.681. The van der Waals surface area contributed by atoms with Gasteiger partial charge in [0.25, 0.3) is 5.91 Å². The van der Waals surface area contributed by atoms with Crippen LogP contribution in [0, 0.1) is 0 Å². The Hall–Kier alpha value is -2.18. The van der Waals surface area contributed by atoms with Crippen molar-refractivity contribution < 1.29 is 9.59 Å². The van der Waals surface area contributed by atoms with Crippen molar-refractivity contribution in [3.63, 3.8) is 0 Å². The van der Waals surface area contributed by atoms with Crippen LogP contribution in [-0.4, -0.2) is 11.9 Å². The lowest BCUT2D eigenvalue weighted by Gasteiger charge is -2.10. The Morgan fingerprint density at radius 1 is 0.821 bits per heavy atom. The monoisotopic (exact) mass is 450 g/mol. The first kappa shape index (κ1) is 20.6. The van der Waals surface area contributed by atoms with Crippen molar-refractivity contribution in [2.24, 2.45) is 0 Å². The van der Waals surface area contributed by atoms with Gasteiger partial charge in [-0.15, -0.1) is 0 Å². The fourth-order valence-electron chi connectivity index (χ4n) is 2.27. The second-order valence-electron chi connectivity index (χ2n) is 5.59. The van der Waals surface area contributed by atoms with Gasteiger partial charge in [0.05, 0.1) is 15.6 Å². The average molecular weight is 452 g/mol. The number of halogens is 3. The van der Waals surface area contributed by atoms with E-state index in [9.17, 15) is 9.59 Å². The van der Waals surface area contributed by atoms with E-state index in [-0.39, 0.29) is 10.6 Å². The smallest absolute Gasteiger partial charge is 0.308 e. The topological polar surface area (TPSA) is 58.2 Å². The molecule has 0 aliphatic heterocycles. The summed E-state index contributed by atoms with van der Waals surface area (Å²) < 4.78 is 0. The number of rotatable bonds is 4. The first-order valence-electron chi connectivity index (χ1n) is 8.02. The van der Waals surface area contributed by atoms with Gasteiger partial charge in [-0.3, -0.25) is 10.1 Å². The van der Waals surface area contributed by atoms with Crippen molar-refractivity contribution >= 4 is 64.2 Å². The number of nitrogens with one attached hydrogen (secondary N) is 2. The molecule has 142 valence electrons. The van der Waals surface area contributed by atoms with Gasteiger partial charge in [0, 0.05) is 20.5 Å². The third-order valence-corrected chi connectivity index (χ3v) is 5.67. The largest absolute Gasteiger partial charge is 0.326 e. The van der Waals surface area contributed by atoms with Gasteiger partial charge in [-0.25, -0.2) is 4.79 Å². The zero-order valence-corrected chi connectivity index (χ0v) is 17.3. The van der Waals surface area contributed by atoms with Crippen LogP contribution < -0.4 is 10.6 Å². The molecule has 3 aromatic rings. The molecule has 3 rings (SSSR count).